The average Bonchev–Trinajstić information content (AvgIpc) is 2.39. The van der Waals surface area contributed by atoms with Crippen molar-refractivity contribution in [2.45, 2.75) is 25.9 Å². The van der Waals surface area contributed by atoms with E-state index in [0.717, 1.165) is 11.1 Å². The van der Waals surface area contributed by atoms with Crippen molar-refractivity contribution in [3.63, 3.8) is 0 Å². The summed E-state index contributed by atoms with van der Waals surface area (Å²) >= 11 is 0. The van der Waals surface area contributed by atoms with Gasteiger partial charge in [-0.2, -0.15) is 0 Å². The van der Waals surface area contributed by atoms with Crippen molar-refractivity contribution in [3.8, 4) is 0 Å². The highest BCUT2D eigenvalue weighted by Gasteiger charge is 2.43. The molecule has 74 valence electrons. The maximum absolute atomic E-state index is 11.4. The van der Waals surface area contributed by atoms with E-state index < -0.39 is 5.60 Å². The number of fused-ring (bicyclic) bond motifs is 1. The van der Waals surface area contributed by atoms with Crippen LogP contribution in [-0.4, -0.2) is 10.9 Å². The lowest BCUT2D eigenvalue weighted by molar-refractivity contribution is -0.128. The Kier molecular flexibility index (Phi) is 1.96. The van der Waals surface area contributed by atoms with Crippen LogP contribution < -0.4 is 0 Å². The number of benzene rings is 1. The number of carbonyl (C=O) groups excluding carboxylic acids is 1. The Bertz CT molecular complexity index is 380. The largest absolute Gasteiger partial charge is 0.385 e. The third-order valence-corrected chi connectivity index (χ3v) is 3.16. The maximum atomic E-state index is 11.4. The Balaban J connectivity index is 2.50. The van der Waals surface area contributed by atoms with Gasteiger partial charge >= 0.3 is 0 Å². The Morgan fingerprint density at radius 2 is 2.14 bits per heavy atom. The molecule has 2 heteroatoms. The molecule has 1 aliphatic carbocycles. The standard InChI is InChI=1S/C12H14O2/c1-8(13)11-7-9-5-3-4-6-10(9)12(11,2)14/h3-6,11,14H,7H2,1-2H3. The Labute approximate surface area is 83.6 Å². The van der Waals surface area contributed by atoms with Crippen LogP contribution >= 0.6 is 0 Å². The number of ketones is 1. The number of aliphatic hydroxyl groups is 1. The predicted molar refractivity (Wildman–Crippen MR) is 53.9 cm³/mol. The van der Waals surface area contributed by atoms with Gasteiger partial charge in [0.05, 0.1) is 11.5 Å². The lowest BCUT2D eigenvalue weighted by atomic mass is 9.87. The van der Waals surface area contributed by atoms with Gasteiger partial charge in [-0.15, -0.1) is 0 Å². The molecule has 1 aromatic rings. The van der Waals surface area contributed by atoms with Crippen LogP contribution in [-0.2, 0) is 16.8 Å². The van der Waals surface area contributed by atoms with Crippen molar-refractivity contribution in [1.29, 1.82) is 0 Å². The van der Waals surface area contributed by atoms with Crippen molar-refractivity contribution < 1.29 is 9.90 Å². The topological polar surface area (TPSA) is 37.3 Å². The maximum Gasteiger partial charge on any atom is 0.136 e. The Morgan fingerprint density at radius 1 is 1.50 bits per heavy atom. The van der Waals surface area contributed by atoms with E-state index in [-0.39, 0.29) is 11.7 Å². The van der Waals surface area contributed by atoms with Crippen LogP contribution in [0.2, 0.25) is 0 Å². The molecule has 0 saturated carbocycles. The van der Waals surface area contributed by atoms with Crippen LogP contribution in [0.3, 0.4) is 0 Å². The Hall–Kier alpha value is -1.15. The number of Topliss-reactive ketones (excluding diaryl/α,β-unsaturated/α-hetero) is 1. The summed E-state index contributed by atoms with van der Waals surface area (Å²) in [6.45, 7) is 3.27. The van der Waals surface area contributed by atoms with E-state index in [4.69, 9.17) is 0 Å². The minimum atomic E-state index is -0.984. The van der Waals surface area contributed by atoms with Gasteiger partial charge in [-0.05, 0) is 31.4 Å². The van der Waals surface area contributed by atoms with E-state index in [1.807, 2.05) is 24.3 Å². The second-order valence-electron chi connectivity index (χ2n) is 4.17. The van der Waals surface area contributed by atoms with Gasteiger partial charge in [-0.3, -0.25) is 4.79 Å². The van der Waals surface area contributed by atoms with Crippen molar-refractivity contribution in [2.24, 2.45) is 5.92 Å². The van der Waals surface area contributed by atoms with Crippen molar-refractivity contribution in [1.82, 2.24) is 0 Å². The van der Waals surface area contributed by atoms with Crippen molar-refractivity contribution >= 4 is 5.78 Å². The highest BCUT2D eigenvalue weighted by Crippen LogP contribution is 2.41. The molecule has 2 unspecified atom stereocenters. The second kappa shape index (κ2) is 2.92. The number of carbonyl (C=O) groups is 1. The fraction of sp³-hybridized carbons (Fsp3) is 0.417. The predicted octanol–water partition coefficient (Wildman–Crippen LogP) is 1.66. The van der Waals surface area contributed by atoms with Gasteiger partial charge in [-0.25, -0.2) is 0 Å². The van der Waals surface area contributed by atoms with Crippen LogP contribution in [0.15, 0.2) is 24.3 Å². The molecule has 0 aliphatic heterocycles. The van der Waals surface area contributed by atoms with E-state index >= 15 is 0 Å². The van der Waals surface area contributed by atoms with Crippen LogP contribution in [0, 0.1) is 5.92 Å². The van der Waals surface area contributed by atoms with Gasteiger partial charge in [0, 0.05) is 0 Å². The van der Waals surface area contributed by atoms with Crippen LogP contribution in [0.5, 0.6) is 0 Å². The van der Waals surface area contributed by atoms with Gasteiger partial charge in [0.1, 0.15) is 5.78 Å². The summed E-state index contributed by atoms with van der Waals surface area (Å²) in [6.07, 6.45) is 0.665. The molecular weight excluding hydrogens is 176 g/mol. The van der Waals surface area contributed by atoms with E-state index in [2.05, 4.69) is 0 Å². The molecule has 14 heavy (non-hydrogen) atoms. The molecule has 1 aliphatic rings. The van der Waals surface area contributed by atoms with Crippen molar-refractivity contribution in [2.75, 3.05) is 0 Å². The molecule has 1 aromatic carbocycles. The molecule has 0 amide bonds. The molecule has 0 fully saturated rings. The number of rotatable bonds is 1. The van der Waals surface area contributed by atoms with E-state index in [1.54, 1.807) is 13.8 Å². The zero-order chi connectivity index (χ0) is 10.3. The molecule has 1 N–H and O–H groups in total. The molecule has 0 radical (unpaired) electrons. The van der Waals surface area contributed by atoms with Crippen molar-refractivity contribution in [3.05, 3.63) is 35.4 Å². The molecule has 0 saturated heterocycles. The average molecular weight is 190 g/mol. The lowest BCUT2D eigenvalue weighted by Crippen LogP contribution is -2.32. The van der Waals surface area contributed by atoms with Gasteiger partial charge in [-0.1, -0.05) is 24.3 Å². The van der Waals surface area contributed by atoms with Gasteiger partial charge < -0.3 is 5.11 Å². The van der Waals surface area contributed by atoms with Gasteiger partial charge in [0.25, 0.3) is 0 Å². The summed E-state index contributed by atoms with van der Waals surface area (Å²) in [6, 6.07) is 7.72. The zero-order valence-electron chi connectivity index (χ0n) is 8.45. The lowest BCUT2D eigenvalue weighted by Gasteiger charge is -2.24. The fourth-order valence-electron chi connectivity index (χ4n) is 2.34. The summed E-state index contributed by atoms with van der Waals surface area (Å²) in [4.78, 5) is 11.4. The van der Waals surface area contributed by atoms with Crippen LogP contribution in [0.4, 0.5) is 0 Å². The molecule has 0 heterocycles. The number of hydrogen-bond acceptors (Lipinski definition) is 2. The normalized spacial score (nSPS) is 30.1. The molecule has 2 rings (SSSR count). The Morgan fingerprint density at radius 3 is 2.71 bits per heavy atom. The molecule has 0 spiro atoms. The first-order valence-electron chi connectivity index (χ1n) is 4.84. The summed E-state index contributed by atoms with van der Waals surface area (Å²) in [7, 11) is 0. The highest BCUT2D eigenvalue weighted by atomic mass is 16.3. The summed E-state index contributed by atoms with van der Waals surface area (Å²) in [5.74, 6) is -0.217. The molecule has 2 nitrogen and oxygen atoms in total. The first kappa shape index (κ1) is 9.41. The molecule has 0 bridgehead atoms. The van der Waals surface area contributed by atoms with Crippen LogP contribution in [0.1, 0.15) is 25.0 Å². The number of hydrogen-bond donors (Lipinski definition) is 1. The first-order valence-corrected chi connectivity index (χ1v) is 4.84. The third kappa shape index (κ3) is 1.18. The first-order chi connectivity index (χ1) is 6.53. The molecular formula is C12H14O2. The second-order valence-corrected chi connectivity index (χ2v) is 4.17. The van der Waals surface area contributed by atoms with E-state index in [9.17, 15) is 9.90 Å². The smallest absolute Gasteiger partial charge is 0.136 e. The van der Waals surface area contributed by atoms with Gasteiger partial charge in [0.2, 0.25) is 0 Å². The minimum Gasteiger partial charge on any atom is -0.385 e. The molecule has 2 atom stereocenters. The fourth-order valence-corrected chi connectivity index (χ4v) is 2.34. The van der Waals surface area contributed by atoms with E-state index in [0.29, 0.717) is 6.42 Å². The zero-order valence-corrected chi connectivity index (χ0v) is 8.45. The van der Waals surface area contributed by atoms with Gasteiger partial charge in [0.15, 0.2) is 0 Å². The van der Waals surface area contributed by atoms with Crippen LogP contribution in [0.25, 0.3) is 0 Å². The highest BCUT2D eigenvalue weighted by molar-refractivity contribution is 5.81. The summed E-state index contributed by atoms with van der Waals surface area (Å²) < 4.78 is 0. The van der Waals surface area contributed by atoms with E-state index in [1.165, 1.54) is 0 Å². The SMILES string of the molecule is CC(=O)C1Cc2ccccc2C1(C)O. The summed E-state index contributed by atoms with van der Waals surface area (Å²) in [5.41, 5.74) is 1.01. The minimum absolute atomic E-state index is 0.0613. The molecule has 0 aromatic heterocycles. The monoisotopic (exact) mass is 190 g/mol. The summed E-state index contributed by atoms with van der Waals surface area (Å²) in [5, 5.41) is 10.3. The quantitative estimate of drug-likeness (QED) is 0.731. The third-order valence-electron chi connectivity index (χ3n) is 3.16.